The average Bonchev–Trinajstić information content (AvgIpc) is 3.11. The Morgan fingerprint density at radius 3 is 2.27 bits per heavy atom. The number of rotatable bonds is 9. The molecule has 1 aromatic heterocycles. The van der Waals surface area contributed by atoms with Gasteiger partial charge in [-0.2, -0.15) is 0 Å². The maximum absolute atomic E-state index is 13.4. The predicted molar refractivity (Wildman–Crippen MR) is 126 cm³/mol. The molecule has 2 aliphatic heterocycles. The van der Waals surface area contributed by atoms with Gasteiger partial charge in [-0.05, 0) is 36.2 Å². The number of carbonyl (C=O) groups is 2. The number of nitrogens with zero attached hydrogens (tertiary/aromatic N) is 4. The van der Waals surface area contributed by atoms with Crippen LogP contribution < -0.4 is 9.64 Å². The molecule has 0 saturated carbocycles. The second kappa shape index (κ2) is 10.5. The van der Waals surface area contributed by atoms with Crippen molar-refractivity contribution in [1.82, 2.24) is 14.8 Å². The number of anilines is 1. The number of aromatic nitrogens is 1. The highest BCUT2D eigenvalue weighted by Gasteiger charge is 2.42. The minimum absolute atomic E-state index is 0.229. The summed E-state index contributed by atoms with van der Waals surface area (Å²) in [6.45, 7) is 5.91. The van der Waals surface area contributed by atoms with Crippen LogP contribution >= 0.6 is 0 Å². The zero-order valence-electron chi connectivity index (χ0n) is 19.2. The molecule has 8 nitrogen and oxygen atoms in total. The minimum Gasteiger partial charge on any atom is -0.494 e. The first-order chi connectivity index (χ1) is 16.1. The van der Waals surface area contributed by atoms with Crippen LogP contribution in [0.5, 0.6) is 5.75 Å². The highest BCUT2D eigenvalue weighted by atomic mass is 16.5. The van der Waals surface area contributed by atoms with Crippen molar-refractivity contribution in [3.8, 4) is 5.75 Å². The molecule has 4 rings (SSSR count). The lowest BCUT2D eigenvalue weighted by atomic mass is 10.0. The fourth-order valence-corrected chi connectivity index (χ4v) is 4.14. The summed E-state index contributed by atoms with van der Waals surface area (Å²) in [7, 11) is 1.56. The molecule has 2 amide bonds. The van der Waals surface area contributed by atoms with E-state index in [1.807, 2.05) is 47.4 Å². The van der Waals surface area contributed by atoms with Crippen LogP contribution in [-0.4, -0.2) is 79.6 Å². The van der Waals surface area contributed by atoms with E-state index in [4.69, 9.17) is 9.47 Å². The van der Waals surface area contributed by atoms with E-state index in [2.05, 4.69) is 16.8 Å². The molecular weight excluding hydrogens is 420 g/mol. The van der Waals surface area contributed by atoms with Crippen molar-refractivity contribution in [3.63, 3.8) is 0 Å². The number of methoxy groups -OCH3 is 1. The van der Waals surface area contributed by atoms with Crippen LogP contribution in [0.4, 0.5) is 5.82 Å². The van der Waals surface area contributed by atoms with Crippen LogP contribution in [0.3, 0.4) is 0 Å². The number of hydrogen-bond donors (Lipinski definition) is 0. The number of amides is 2. The largest absolute Gasteiger partial charge is 0.494 e. The van der Waals surface area contributed by atoms with E-state index in [0.717, 1.165) is 36.6 Å². The van der Waals surface area contributed by atoms with Gasteiger partial charge in [0.2, 0.25) is 0 Å². The van der Waals surface area contributed by atoms with Gasteiger partial charge >= 0.3 is 0 Å². The molecule has 8 heteroatoms. The Morgan fingerprint density at radius 1 is 0.909 bits per heavy atom. The van der Waals surface area contributed by atoms with Crippen molar-refractivity contribution < 1.29 is 19.1 Å². The van der Waals surface area contributed by atoms with Gasteiger partial charge in [0.15, 0.2) is 0 Å². The quantitative estimate of drug-likeness (QED) is 0.543. The minimum atomic E-state index is -0.276. The number of imide groups is 1. The number of piperazine rings is 1. The van der Waals surface area contributed by atoms with Gasteiger partial charge in [0, 0.05) is 39.5 Å². The first-order valence-corrected chi connectivity index (χ1v) is 11.4. The summed E-state index contributed by atoms with van der Waals surface area (Å²) < 4.78 is 10.8. The second-order valence-corrected chi connectivity index (χ2v) is 8.01. The number of hydrogen-bond acceptors (Lipinski definition) is 7. The molecule has 0 spiro atoms. The zero-order chi connectivity index (χ0) is 23.2. The fraction of sp³-hybridized carbons (Fsp3) is 0.400. The third-order valence-electron chi connectivity index (χ3n) is 5.85. The Kier molecular flexibility index (Phi) is 7.24. The topological polar surface area (TPSA) is 75.2 Å². The first kappa shape index (κ1) is 22.8. The van der Waals surface area contributed by atoms with Crippen LogP contribution in [0.1, 0.15) is 18.9 Å². The predicted octanol–water partition coefficient (Wildman–Crippen LogP) is 2.42. The lowest BCUT2D eigenvalue weighted by Crippen LogP contribution is -2.48. The van der Waals surface area contributed by atoms with Gasteiger partial charge in [-0.25, -0.2) is 4.98 Å². The van der Waals surface area contributed by atoms with Crippen molar-refractivity contribution in [1.29, 1.82) is 0 Å². The van der Waals surface area contributed by atoms with Crippen LogP contribution in [0, 0.1) is 0 Å². The molecule has 0 N–H and O–H groups in total. The SMILES string of the molecule is CCCOc1ccc(C2=C(N3CCN(c4ccccn4)CC3)C(=O)N(CCOC)C2=O)cc1. The van der Waals surface area contributed by atoms with E-state index < -0.39 is 0 Å². The molecule has 174 valence electrons. The molecule has 1 saturated heterocycles. The molecule has 0 aliphatic carbocycles. The van der Waals surface area contributed by atoms with Gasteiger partial charge in [0.25, 0.3) is 11.8 Å². The molecule has 0 radical (unpaired) electrons. The van der Waals surface area contributed by atoms with Crippen molar-refractivity contribution in [2.45, 2.75) is 13.3 Å². The van der Waals surface area contributed by atoms with E-state index in [1.54, 1.807) is 13.3 Å². The summed E-state index contributed by atoms with van der Waals surface area (Å²) in [5, 5.41) is 0. The summed E-state index contributed by atoms with van der Waals surface area (Å²) in [5.41, 5.74) is 1.64. The zero-order valence-corrected chi connectivity index (χ0v) is 19.2. The van der Waals surface area contributed by atoms with Crippen LogP contribution in [0.15, 0.2) is 54.4 Å². The lowest BCUT2D eigenvalue weighted by Gasteiger charge is -2.37. The van der Waals surface area contributed by atoms with E-state index in [0.29, 0.717) is 37.6 Å². The average molecular weight is 451 g/mol. The van der Waals surface area contributed by atoms with Gasteiger partial charge < -0.3 is 19.3 Å². The van der Waals surface area contributed by atoms with E-state index in [1.165, 1.54) is 4.90 Å². The summed E-state index contributed by atoms with van der Waals surface area (Å²) in [6.07, 6.45) is 2.70. The number of benzene rings is 1. The summed E-state index contributed by atoms with van der Waals surface area (Å²) in [4.78, 5) is 36.6. The maximum atomic E-state index is 13.4. The van der Waals surface area contributed by atoms with Crippen LogP contribution in [0.25, 0.3) is 5.57 Å². The van der Waals surface area contributed by atoms with E-state index in [9.17, 15) is 9.59 Å². The van der Waals surface area contributed by atoms with Crippen LogP contribution in [0.2, 0.25) is 0 Å². The molecule has 3 heterocycles. The number of pyridine rings is 1. The Morgan fingerprint density at radius 2 is 1.64 bits per heavy atom. The highest BCUT2D eigenvalue weighted by molar-refractivity contribution is 6.35. The smallest absolute Gasteiger partial charge is 0.277 e. The van der Waals surface area contributed by atoms with Gasteiger partial charge in [-0.1, -0.05) is 25.1 Å². The van der Waals surface area contributed by atoms with Crippen LogP contribution in [-0.2, 0) is 14.3 Å². The first-order valence-electron chi connectivity index (χ1n) is 11.4. The molecule has 0 bridgehead atoms. The maximum Gasteiger partial charge on any atom is 0.277 e. The van der Waals surface area contributed by atoms with Crippen molar-refractivity contribution >= 4 is 23.2 Å². The Hall–Kier alpha value is -3.39. The molecule has 0 atom stereocenters. The summed E-state index contributed by atoms with van der Waals surface area (Å²) in [5.74, 6) is 1.13. The van der Waals surface area contributed by atoms with E-state index in [-0.39, 0.29) is 18.4 Å². The van der Waals surface area contributed by atoms with Gasteiger partial charge in [0.1, 0.15) is 17.3 Å². The lowest BCUT2D eigenvalue weighted by molar-refractivity contribution is -0.138. The molecule has 33 heavy (non-hydrogen) atoms. The molecule has 1 aromatic carbocycles. The molecule has 1 fully saturated rings. The monoisotopic (exact) mass is 450 g/mol. The third-order valence-corrected chi connectivity index (χ3v) is 5.85. The summed E-state index contributed by atoms with van der Waals surface area (Å²) >= 11 is 0. The molecular formula is C25H30N4O4. The van der Waals surface area contributed by atoms with Gasteiger partial charge in [-0.15, -0.1) is 0 Å². The fourth-order valence-electron chi connectivity index (χ4n) is 4.14. The Bertz CT molecular complexity index is 999. The summed E-state index contributed by atoms with van der Waals surface area (Å²) in [6, 6.07) is 13.3. The Labute approximate surface area is 194 Å². The molecule has 2 aliphatic rings. The van der Waals surface area contributed by atoms with Crippen molar-refractivity contribution in [2.24, 2.45) is 0 Å². The van der Waals surface area contributed by atoms with Gasteiger partial charge in [-0.3, -0.25) is 14.5 Å². The molecule has 2 aromatic rings. The van der Waals surface area contributed by atoms with Crippen molar-refractivity contribution in [2.75, 3.05) is 57.9 Å². The van der Waals surface area contributed by atoms with Gasteiger partial charge in [0.05, 0.1) is 25.3 Å². The standard InChI is InChI=1S/C25H30N4O4/c1-3-17-33-20-9-7-19(8-10-20)22-23(25(31)29(24(22)30)16-18-32-2)28-14-12-27(13-15-28)21-6-4-5-11-26-21/h4-11H,3,12-18H2,1-2H3. The van der Waals surface area contributed by atoms with E-state index >= 15 is 0 Å². The number of carbonyl (C=O) groups excluding carboxylic acids is 2. The Balaban J connectivity index is 1.60. The van der Waals surface area contributed by atoms with Crippen molar-refractivity contribution in [3.05, 3.63) is 59.9 Å². The normalized spacial score (nSPS) is 16.7. The third kappa shape index (κ3) is 4.85. The second-order valence-electron chi connectivity index (χ2n) is 8.01. The highest BCUT2D eigenvalue weighted by Crippen LogP contribution is 2.33. The molecule has 0 unspecified atom stereocenters. The number of ether oxygens (including phenoxy) is 2.